The first-order chi connectivity index (χ1) is 14.2. The molecule has 0 bridgehead atoms. The Bertz CT molecular complexity index is 1120. The molecule has 0 saturated heterocycles. The average molecular weight is 408 g/mol. The van der Waals surface area contributed by atoms with Crippen molar-refractivity contribution in [1.82, 2.24) is 14.8 Å². The van der Waals surface area contributed by atoms with Gasteiger partial charge in [0.15, 0.2) is 6.39 Å². The van der Waals surface area contributed by atoms with Crippen molar-refractivity contribution >= 4 is 34.8 Å². The number of oxazole rings is 1. The molecule has 4 rings (SSSR count). The van der Waals surface area contributed by atoms with Crippen LogP contribution in [0, 0.1) is 0 Å². The lowest BCUT2D eigenvalue weighted by Gasteiger charge is -2.19. The number of aromatic nitrogens is 3. The predicted octanol–water partition coefficient (Wildman–Crippen LogP) is 3.75. The number of hydrogen-bond acceptors (Lipinski definition) is 7. The van der Waals surface area contributed by atoms with Crippen molar-refractivity contribution in [3.63, 3.8) is 0 Å². The Hall–Kier alpha value is -3.72. The summed E-state index contributed by atoms with van der Waals surface area (Å²) in [5, 5.41) is 4.46. The molecule has 0 atom stereocenters. The van der Waals surface area contributed by atoms with Crippen LogP contribution in [-0.2, 0) is 16.1 Å². The van der Waals surface area contributed by atoms with Gasteiger partial charge >= 0.3 is 5.97 Å². The zero-order valence-corrected chi connectivity index (χ0v) is 16.2. The lowest BCUT2D eigenvalue weighted by molar-refractivity contribution is -0.118. The number of nitrogens with zero attached hydrogens (tertiary/aromatic N) is 4. The number of thiophene rings is 1. The minimum Gasteiger partial charge on any atom is -0.465 e. The molecule has 0 spiro atoms. The minimum atomic E-state index is -0.388. The van der Waals surface area contributed by atoms with E-state index in [9.17, 15) is 9.59 Å². The van der Waals surface area contributed by atoms with Gasteiger partial charge in [-0.2, -0.15) is 5.10 Å². The van der Waals surface area contributed by atoms with E-state index in [0.29, 0.717) is 22.1 Å². The summed E-state index contributed by atoms with van der Waals surface area (Å²) in [4.78, 5) is 31.3. The van der Waals surface area contributed by atoms with Gasteiger partial charge in [0.05, 0.1) is 23.9 Å². The zero-order chi connectivity index (χ0) is 20.2. The summed E-state index contributed by atoms with van der Waals surface area (Å²) in [6.45, 7) is 0.00479. The Morgan fingerprint density at radius 2 is 2.00 bits per heavy atom. The van der Waals surface area contributed by atoms with Crippen LogP contribution < -0.4 is 4.90 Å². The maximum atomic E-state index is 13.0. The number of ether oxygens (including phenoxy) is 1. The molecule has 9 heteroatoms. The number of anilines is 2. The van der Waals surface area contributed by atoms with Crippen molar-refractivity contribution < 1.29 is 18.7 Å². The number of amides is 1. The van der Waals surface area contributed by atoms with Gasteiger partial charge in [0.1, 0.15) is 17.1 Å². The van der Waals surface area contributed by atoms with Crippen molar-refractivity contribution in [2.45, 2.75) is 6.54 Å². The summed E-state index contributed by atoms with van der Waals surface area (Å²) < 4.78 is 11.6. The molecule has 0 N–H and O–H groups in total. The number of carbonyl (C=O) groups is 2. The molecule has 3 heterocycles. The number of rotatable bonds is 6. The van der Waals surface area contributed by atoms with Gasteiger partial charge in [0, 0.05) is 6.20 Å². The van der Waals surface area contributed by atoms with Crippen LogP contribution in [0.4, 0.5) is 11.6 Å². The molecule has 0 saturated carbocycles. The Morgan fingerprint density at radius 3 is 2.72 bits per heavy atom. The Morgan fingerprint density at radius 1 is 1.17 bits per heavy atom. The van der Waals surface area contributed by atoms with Crippen LogP contribution in [0.5, 0.6) is 0 Å². The number of esters is 1. The van der Waals surface area contributed by atoms with Gasteiger partial charge in [-0.1, -0.05) is 18.2 Å². The Labute approximate surface area is 170 Å². The number of benzene rings is 1. The molecule has 0 aliphatic heterocycles. The third kappa shape index (κ3) is 3.94. The van der Waals surface area contributed by atoms with Gasteiger partial charge in [0.25, 0.3) is 5.91 Å². The largest absolute Gasteiger partial charge is 0.465 e. The summed E-state index contributed by atoms with van der Waals surface area (Å²) in [6, 6.07) is 14.5. The van der Waals surface area contributed by atoms with E-state index in [-0.39, 0.29) is 18.4 Å². The standard InChI is InChI=1S/C20H16N4O4S/c1-27-20(26)17-8-7-16(29-17)15-9-10-23(22-15)12-18(25)24(19-11-21-13-28-19)14-5-3-2-4-6-14/h2-11,13H,12H2,1H3. The molecule has 0 aliphatic carbocycles. The van der Waals surface area contributed by atoms with Crippen LogP contribution in [-0.4, -0.2) is 33.8 Å². The topological polar surface area (TPSA) is 90.5 Å². The maximum Gasteiger partial charge on any atom is 0.348 e. The average Bonchev–Trinajstić information content (AvgIpc) is 3.50. The first kappa shape index (κ1) is 18.6. The summed E-state index contributed by atoms with van der Waals surface area (Å²) in [7, 11) is 1.34. The first-order valence-electron chi connectivity index (χ1n) is 8.64. The molecule has 1 amide bonds. The Balaban J connectivity index is 1.55. The third-order valence-corrected chi connectivity index (χ3v) is 5.17. The van der Waals surface area contributed by atoms with Crippen LogP contribution in [0.1, 0.15) is 9.67 Å². The zero-order valence-electron chi connectivity index (χ0n) is 15.4. The van der Waals surface area contributed by atoms with E-state index < -0.39 is 0 Å². The molecule has 0 radical (unpaired) electrons. The fourth-order valence-corrected chi connectivity index (χ4v) is 3.66. The van der Waals surface area contributed by atoms with E-state index in [2.05, 4.69) is 10.1 Å². The quantitative estimate of drug-likeness (QED) is 0.451. The molecule has 0 aliphatic rings. The summed E-state index contributed by atoms with van der Waals surface area (Å²) in [5.41, 5.74) is 1.34. The Kier molecular flexibility index (Phi) is 5.21. The molecular formula is C20H16N4O4S. The maximum absolute atomic E-state index is 13.0. The van der Waals surface area contributed by atoms with Crippen molar-refractivity contribution in [3.05, 3.63) is 72.2 Å². The van der Waals surface area contributed by atoms with Gasteiger partial charge in [-0.05, 0) is 30.3 Å². The van der Waals surface area contributed by atoms with Crippen LogP contribution in [0.25, 0.3) is 10.6 Å². The molecule has 146 valence electrons. The molecular weight excluding hydrogens is 392 g/mol. The van der Waals surface area contributed by atoms with Gasteiger partial charge in [-0.3, -0.25) is 9.48 Å². The second kappa shape index (κ2) is 8.11. The van der Waals surface area contributed by atoms with Gasteiger partial charge < -0.3 is 9.15 Å². The molecule has 3 aromatic heterocycles. The highest BCUT2D eigenvalue weighted by Crippen LogP contribution is 2.28. The van der Waals surface area contributed by atoms with Crippen LogP contribution >= 0.6 is 11.3 Å². The van der Waals surface area contributed by atoms with Crippen molar-refractivity contribution in [2.24, 2.45) is 0 Å². The normalized spacial score (nSPS) is 10.7. The van der Waals surface area contributed by atoms with Gasteiger partial charge in [-0.15, -0.1) is 11.3 Å². The summed E-state index contributed by atoms with van der Waals surface area (Å²) in [5.74, 6) is -0.292. The van der Waals surface area contributed by atoms with Crippen LogP contribution in [0.2, 0.25) is 0 Å². The number of para-hydroxylation sites is 1. The highest BCUT2D eigenvalue weighted by molar-refractivity contribution is 7.17. The van der Waals surface area contributed by atoms with Crippen molar-refractivity contribution in [2.75, 3.05) is 12.0 Å². The number of methoxy groups -OCH3 is 1. The molecule has 29 heavy (non-hydrogen) atoms. The van der Waals surface area contributed by atoms with E-state index in [1.165, 1.54) is 35.9 Å². The molecule has 1 aromatic carbocycles. The highest BCUT2D eigenvalue weighted by atomic mass is 32.1. The van der Waals surface area contributed by atoms with Gasteiger partial charge in [0.2, 0.25) is 5.88 Å². The van der Waals surface area contributed by atoms with Gasteiger partial charge in [-0.25, -0.2) is 14.7 Å². The van der Waals surface area contributed by atoms with Crippen molar-refractivity contribution in [3.8, 4) is 10.6 Å². The monoisotopic (exact) mass is 408 g/mol. The second-order valence-corrected chi connectivity index (χ2v) is 7.04. The number of carbonyl (C=O) groups excluding carboxylic acids is 2. The van der Waals surface area contributed by atoms with E-state index in [0.717, 1.165) is 4.88 Å². The van der Waals surface area contributed by atoms with E-state index in [1.807, 2.05) is 30.3 Å². The third-order valence-electron chi connectivity index (χ3n) is 4.09. The number of hydrogen-bond donors (Lipinski definition) is 0. The first-order valence-corrected chi connectivity index (χ1v) is 9.46. The van der Waals surface area contributed by atoms with Crippen LogP contribution in [0.15, 0.2) is 71.7 Å². The highest BCUT2D eigenvalue weighted by Gasteiger charge is 2.21. The summed E-state index contributed by atoms with van der Waals surface area (Å²) in [6.07, 6.45) is 4.48. The SMILES string of the molecule is COC(=O)c1ccc(-c2ccn(CC(=O)N(c3ccccc3)c3cnco3)n2)s1. The lowest BCUT2D eigenvalue weighted by Crippen LogP contribution is -2.29. The fourth-order valence-electron chi connectivity index (χ4n) is 2.77. The molecule has 0 unspecified atom stereocenters. The predicted molar refractivity (Wildman–Crippen MR) is 107 cm³/mol. The van der Waals surface area contributed by atoms with Crippen LogP contribution in [0.3, 0.4) is 0 Å². The second-order valence-electron chi connectivity index (χ2n) is 5.96. The fraction of sp³-hybridized carbons (Fsp3) is 0.100. The molecule has 0 fully saturated rings. The molecule has 8 nitrogen and oxygen atoms in total. The van der Waals surface area contributed by atoms with E-state index >= 15 is 0 Å². The van der Waals surface area contributed by atoms with Crippen molar-refractivity contribution in [1.29, 1.82) is 0 Å². The lowest BCUT2D eigenvalue weighted by atomic mass is 10.3. The molecule has 4 aromatic rings. The smallest absolute Gasteiger partial charge is 0.348 e. The summed E-state index contributed by atoms with van der Waals surface area (Å²) >= 11 is 1.28. The van der Waals surface area contributed by atoms with E-state index in [1.54, 1.807) is 29.1 Å². The minimum absolute atomic E-state index is 0.00479. The van der Waals surface area contributed by atoms with E-state index in [4.69, 9.17) is 9.15 Å².